The maximum Gasteiger partial charge on any atom is 0.329 e. The molecule has 1 saturated heterocycles. The molecule has 138 valence electrons. The zero-order valence-electron chi connectivity index (χ0n) is 15.0. The molecule has 0 aromatic carbocycles. The lowest BCUT2D eigenvalue weighted by Crippen LogP contribution is -2.56. The second kappa shape index (κ2) is 6.29. The maximum atomic E-state index is 13.4. The molecule has 1 heterocycles. The van der Waals surface area contributed by atoms with Crippen molar-refractivity contribution in [3.05, 3.63) is 0 Å². The first-order valence-corrected chi connectivity index (χ1v) is 9.69. The molecule has 0 aromatic rings. The van der Waals surface area contributed by atoms with E-state index >= 15 is 0 Å². The van der Waals surface area contributed by atoms with E-state index in [1.54, 1.807) is 4.90 Å². The average Bonchev–Trinajstić information content (AvgIpc) is 3.07. The molecule has 0 radical (unpaired) electrons. The van der Waals surface area contributed by atoms with E-state index in [2.05, 4.69) is 5.32 Å². The molecule has 2 amide bonds. The van der Waals surface area contributed by atoms with Crippen molar-refractivity contribution in [3.8, 4) is 0 Å². The Kier molecular flexibility index (Phi) is 4.24. The molecule has 4 bridgehead atoms. The van der Waals surface area contributed by atoms with Gasteiger partial charge in [-0.05, 0) is 69.1 Å². The number of likely N-dealkylation sites (tertiary alicyclic amines) is 1. The number of carbonyl (C=O) groups is 3. The number of amides is 2. The van der Waals surface area contributed by atoms with Gasteiger partial charge < -0.3 is 15.0 Å². The van der Waals surface area contributed by atoms with Gasteiger partial charge in [-0.1, -0.05) is 0 Å². The Morgan fingerprint density at radius 2 is 1.68 bits per heavy atom. The Morgan fingerprint density at radius 1 is 1.08 bits per heavy atom. The summed E-state index contributed by atoms with van der Waals surface area (Å²) in [6, 6.07) is -0.509. The summed E-state index contributed by atoms with van der Waals surface area (Å²) in [6.07, 6.45) is 8.39. The molecule has 5 rings (SSSR count). The van der Waals surface area contributed by atoms with E-state index in [0.717, 1.165) is 25.7 Å². The fourth-order valence-corrected chi connectivity index (χ4v) is 6.24. The van der Waals surface area contributed by atoms with Crippen LogP contribution in [0.3, 0.4) is 0 Å². The Labute approximate surface area is 148 Å². The van der Waals surface area contributed by atoms with Crippen LogP contribution in [0, 0.1) is 23.2 Å². The molecule has 4 saturated carbocycles. The molecule has 4 aliphatic carbocycles. The summed E-state index contributed by atoms with van der Waals surface area (Å²) >= 11 is 0. The highest BCUT2D eigenvalue weighted by atomic mass is 16.5. The molecule has 0 spiro atoms. The third-order valence-corrected chi connectivity index (χ3v) is 6.90. The van der Waals surface area contributed by atoms with Gasteiger partial charge in [-0.15, -0.1) is 0 Å². The molecule has 6 heteroatoms. The minimum atomic E-state index is -0.509. The zero-order chi connectivity index (χ0) is 17.6. The molecule has 5 fully saturated rings. The van der Waals surface area contributed by atoms with Gasteiger partial charge in [0.1, 0.15) is 6.04 Å². The zero-order valence-corrected chi connectivity index (χ0v) is 15.0. The van der Waals surface area contributed by atoms with Gasteiger partial charge in [0, 0.05) is 13.6 Å². The SMILES string of the molecule is CNC(=O)COC(=O)[C@H]1CCCN1C(=O)C12CC3CC(CC(C3)C1)C2. The van der Waals surface area contributed by atoms with Crippen molar-refractivity contribution in [2.75, 3.05) is 20.2 Å². The number of likely N-dealkylation sites (N-methyl/N-ethyl adjacent to an activating group) is 1. The summed E-state index contributed by atoms with van der Waals surface area (Å²) < 4.78 is 5.13. The molecule has 6 nitrogen and oxygen atoms in total. The Bertz CT molecular complexity index is 553. The number of hydrogen-bond donors (Lipinski definition) is 1. The summed E-state index contributed by atoms with van der Waals surface area (Å²) in [5.41, 5.74) is -0.224. The van der Waals surface area contributed by atoms with Crippen LogP contribution in [0.1, 0.15) is 51.4 Å². The van der Waals surface area contributed by atoms with E-state index in [1.807, 2.05) is 0 Å². The highest BCUT2D eigenvalue weighted by Crippen LogP contribution is 2.60. The molecule has 5 aliphatic rings. The Morgan fingerprint density at radius 3 is 2.24 bits per heavy atom. The lowest BCUT2D eigenvalue weighted by Gasteiger charge is -2.56. The van der Waals surface area contributed by atoms with Crippen molar-refractivity contribution in [3.63, 3.8) is 0 Å². The van der Waals surface area contributed by atoms with Gasteiger partial charge in [-0.2, -0.15) is 0 Å². The fourth-order valence-electron chi connectivity index (χ4n) is 6.24. The summed E-state index contributed by atoms with van der Waals surface area (Å²) in [6.45, 7) is 0.367. The largest absolute Gasteiger partial charge is 0.454 e. The summed E-state index contributed by atoms with van der Waals surface area (Å²) in [5, 5.41) is 2.44. The van der Waals surface area contributed by atoms with Crippen LogP contribution in [0.5, 0.6) is 0 Å². The van der Waals surface area contributed by atoms with E-state index in [4.69, 9.17) is 4.74 Å². The van der Waals surface area contributed by atoms with Crippen molar-refractivity contribution < 1.29 is 19.1 Å². The monoisotopic (exact) mass is 348 g/mol. The van der Waals surface area contributed by atoms with Crippen molar-refractivity contribution in [1.82, 2.24) is 10.2 Å². The second-order valence-electron chi connectivity index (χ2n) is 8.64. The summed E-state index contributed by atoms with van der Waals surface area (Å²) in [7, 11) is 1.51. The van der Waals surface area contributed by atoms with Crippen LogP contribution in [0.4, 0.5) is 0 Å². The third kappa shape index (κ3) is 2.93. The minimum Gasteiger partial charge on any atom is -0.454 e. The number of rotatable bonds is 4. The third-order valence-electron chi connectivity index (χ3n) is 6.90. The topological polar surface area (TPSA) is 75.7 Å². The minimum absolute atomic E-state index is 0.186. The predicted molar refractivity (Wildman–Crippen MR) is 90.4 cm³/mol. The molecule has 0 aromatic heterocycles. The van der Waals surface area contributed by atoms with Gasteiger partial charge in [0.15, 0.2) is 6.61 Å². The van der Waals surface area contributed by atoms with Crippen molar-refractivity contribution in [2.45, 2.75) is 57.4 Å². The van der Waals surface area contributed by atoms with Gasteiger partial charge in [-0.3, -0.25) is 9.59 Å². The normalized spacial score (nSPS) is 38.7. The molecular formula is C19H28N2O4. The smallest absolute Gasteiger partial charge is 0.329 e. The fraction of sp³-hybridized carbons (Fsp3) is 0.842. The first-order valence-electron chi connectivity index (χ1n) is 9.69. The van der Waals surface area contributed by atoms with Gasteiger partial charge in [-0.25, -0.2) is 4.79 Å². The molecule has 1 aliphatic heterocycles. The number of ether oxygens (including phenoxy) is 1. The Hall–Kier alpha value is -1.59. The first kappa shape index (κ1) is 16.9. The lowest BCUT2D eigenvalue weighted by atomic mass is 9.49. The summed E-state index contributed by atoms with van der Waals surface area (Å²) in [4.78, 5) is 38.9. The van der Waals surface area contributed by atoms with Crippen molar-refractivity contribution in [1.29, 1.82) is 0 Å². The molecule has 0 unspecified atom stereocenters. The number of esters is 1. The average molecular weight is 348 g/mol. The highest BCUT2D eigenvalue weighted by Gasteiger charge is 2.56. The van der Waals surface area contributed by atoms with E-state index in [-0.39, 0.29) is 23.8 Å². The standard InChI is InChI=1S/C19H28N2O4/c1-20-16(22)11-25-17(23)15-3-2-4-21(15)18(24)19-8-12-5-13(9-19)7-14(6-12)10-19/h12-15H,2-11H2,1H3,(H,20,22)/t12?,13?,14?,15-,19?/m1/s1. The maximum absolute atomic E-state index is 13.4. The molecule has 1 atom stereocenters. The van der Waals surface area contributed by atoms with Crippen LogP contribution in [0.2, 0.25) is 0 Å². The Balaban J connectivity index is 1.46. The molecule has 25 heavy (non-hydrogen) atoms. The molecule has 1 N–H and O–H groups in total. The van der Waals surface area contributed by atoms with Crippen LogP contribution in [-0.2, 0) is 19.1 Å². The lowest BCUT2D eigenvalue weighted by molar-refractivity contribution is -0.166. The van der Waals surface area contributed by atoms with Gasteiger partial charge in [0.25, 0.3) is 5.91 Å². The number of carbonyl (C=O) groups excluding carboxylic acids is 3. The van der Waals surface area contributed by atoms with Gasteiger partial charge in [0.05, 0.1) is 5.41 Å². The number of hydrogen-bond acceptors (Lipinski definition) is 4. The van der Waals surface area contributed by atoms with E-state index in [1.165, 1.54) is 26.3 Å². The van der Waals surface area contributed by atoms with Crippen molar-refractivity contribution in [2.24, 2.45) is 23.2 Å². The van der Waals surface area contributed by atoms with Gasteiger partial charge in [0.2, 0.25) is 5.91 Å². The van der Waals surface area contributed by atoms with Crippen LogP contribution < -0.4 is 5.32 Å². The van der Waals surface area contributed by atoms with Crippen LogP contribution >= 0.6 is 0 Å². The van der Waals surface area contributed by atoms with E-state index in [9.17, 15) is 14.4 Å². The van der Waals surface area contributed by atoms with E-state index in [0.29, 0.717) is 30.7 Å². The van der Waals surface area contributed by atoms with Crippen LogP contribution in [-0.4, -0.2) is 48.9 Å². The van der Waals surface area contributed by atoms with E-state index < -0.39 is 12.0 Å². The second-order valence-corrected chi connectivity index (χ2v) is 8.64. The predicted octanol–water partition coefficient (Wildman–Crippen LogP) is 1.48. The highest BCUT2D eigenvalue weighted by molar-refractivity contribution is 5.90. The number of nitrogens with one attached hydrogen (secondary N) is 1. The van der Waals surface area contributed by atoms with Gasteiger partial charge >= 0.3 is 5.97 Å². The van der Waals surface area contributed by atoms with Crippen molar-refractivity contribution >= 4 is 17.8 Å². The van der Waals surface area contributed by atoms with Crippen LogP contribution in [0.15, 0.2) is 0 Å². The first-order chi connectivity index (χ1) is 12.0. The quantitative estimate of drug-likeness (QED) is 0.781. The molecular weight excluding hydrogens is 320 g/mol. The number of nitrogens with zero attached hydrogens (tertiary/aromatic N) is 1. The van der Waals surface area contributed by atoms with Crippen LogP contribution in [0.25, 0.3) is 0 Å². The summed E-state index contributed by atoms with van der Waals surface area (Å²) in [5.74, 6) is 1.54.